The third-order valence-corrected chi connectivity index (χ3v) is 4.71. The van der Waals surface area contributed by atoms with Crippen LogP contribution in [0.3, 0.4) is 0 Å². The van der Waals surface area contributed by atoms with E-state index in [0.717, 1.165) is 19.5 Å². The molecule has 19 heavy (non-hydrogen) atoms. The van der Waals surface area contributed by atoms with E-state index < -0.39 is 0 Å². The number of amides is 1. The Morgan fingerprint density at radius 1 is 1.37 bits per heavy atom. The van der Waals surface area contributed by atoms with Crippen molar-refractivity contribution < 1.29 is 4.79 Å². The molecule has 2 aliphatic heterocycles. The van der Waals surface area contributed by atoms with Crippen LogP contribution in [0.1, 0.15) is 47.0 Å². The van der Waals surface area contributed by atoms with E-state index in [9.17, 15) is 4.79 Å². The number of carbonyl (C=O) groups is 1. The van der Waals surface area contributed by atoms with Crippen molar-refractivity contribution >= 4 is 5.91 Å². The average Bonchev–Trinajstić information content (AvgIpc) is 2.93. The van der Waals surface area contributed by atoms with Crippen LogP contribution in [-0.2, 0) is 4.79 Å². The first-order valence-corrected chi connectivity index (χ1v) is 7.77. The Hall–Kier alpha value is -0.610. The number of rotatable bonds is 5. The first-order chi connectivity index (χ1) is 8.96. The van der Waals surface area contributed by atoms with Crippen LogP contribution in [0, 0.1) is 5.92 Å². The third kappa shape index (κ3) is 3.11. The first kappa shape index (κ1) is 14.8. The second-order valence-electron chi connectivity index (χ2n) is 6.58. The Bertz CT molecular complexity index is 327. The lowest BCUT2D eigenvalue weighted by molar-refractivity contribution is -0.133. The summed E-state index contributed by atoms with van der Waals surface area (Å²) in [4.78, 5) is 17.1. The molecule has 2 heterocycles. The SMILES string of the molecule is CCC1(C)NC(C)N(CC(C)CN2CCCC2)C1=O. The Morgan fingerprint density at radius 3 is 2.53 bits per heavy atom. The molecular formula is C15H29N3O. The van der Waals surface area contributed by atoms with Crippen molar-refractivity contribution in [2.24, 2.45) is 5.92 Å². The predicted molar refractivity (Wildman–Crippen MR) is 77.8 cm³/mol. The molecule has 2 fully saturated rings. The molecule has 0 aliphatic carbocycles. The Balaban J connectivity index is 1.89. The minimum atomic E-state index is -0.354. The normalized spacial score (nSPS) is 34.2. The molecule has 0 bridgehead atoms. The van der Waals surface area contributed by atoms with Gasteiger partial charge in [-0.2, -0.15) is 0 Å². The van der Waals surface area contributed by atoms with E-state index in [2.05, 4.69) is 31.0 Å². The topological polar surface area (TPSA) is 35.6 Å². The molecule has 2 rings (SSSR count). The van der Waals surface area contributed by atoms with Gasteiger partial charge in [0.1, 0.15) is 0 Å². The molecule has 2 aliphatic rings. The molecule has 1 N–H and O–H groups in total. The van der Waals surface area contributed by atoms with Gasteiger partial charge in [0.15, 0.2) is 0 Å². The first-order valence-electron chi connectivity index (χ1n) is 7.77. The molecule has 2 saturated heterocycles. The zero-order valence-electron chi connectivity index (χ0n) is 12.9. The maximum absolute atomic E-state index is 12.5. The summed E-state index contributed by atoms with van der Waals surface area (Å²) in [6, 6.07) is 0. The van der Waals surface area contributed by atoms with Crippen molar-refractivity contribution in [1.29, 1.82) is 0 Å². The molecule has 0 saturated carbocycles. The molecule has 3 atom stereocenters. The van der Waals surface area contributed by atoms with Crippen LogP contribution in [0.2, 0.25) is 0 Å². The molecule has 4 heteroatoms. The highest BCUT2D eigenvalue weighted by atomic mass is 16.2. The fourth-order valence-corrected chi connectivity index (χ4v) is 3.39. The van der Waals surface area contributed by atoms with Gasteiger partial charge in [0.25, 0.3) is 0 Å². The molecule has 4 nitrogen and oxygen atoms in total. The van der Waals surface area contributed by atoms with Gasteiger partial charge < -0.3 is 9.80 Å². The highest BCUT2D eigenvalue weighted by molar-refractivity contribution is 5.88. The van der Waals surface area contributed by atoms with Crippen LogP contribution in [-0.4, -0.2) is 53.6 Å². The fourth-order valence-electron chi connectivity index (χ4n) is 3.39. The van der Waals surface area contributed by atoms with Crippen LogP contribution in [0.25, 0.3) is 0 Å². The van der Waals surface area contributed by atoms with Gasteiger partial charge >= 0.3 is 0 Å². The van der Waals surface area contributed by atoms with Gasteiger partial charge in [-0.05, 0) is 52.1 Å². The summed E-state index contributed by atoms with van der Waals surface area (Å²) in [6.07, 6.45) is 3.69. The van der Waals surface area contributed by atoms with Crippen LogP contribution < -0.4 is 5.32 Å². The highest BCUT2D eigenvalue weighted by Crippen LogP contribution is 2.24. The van der Waals surface area contributed by atoms with Gasteiger partial charge in [-0.25, -0.2) is 0 Å². The quantitative estimate of drug-likeness (QED) is 0.823. The van der Waals surface area contributed by atoms with Gasteiger partial charge in [0.05, 0.1) is 11.7 Å². The minimum Gasteiger partial charge on any atom is -0.326 e. The zero-order valence-corrected chi connectivity index (χ0v) is 12.9. The Morgan fingerprint density at radius 2 is 2.00 bits per heavy atom. The van der Waals surface area contributed by atoms with Gasteiger partial charge in [-0.3, -0.25) is 10.1 Å². The molecule has 0 aromatic heterocycles. The summed E-state index contributed by atoms with van der Waals surface area (Å²) >= 11 is 0. The largest absolute Gasteiger partial charge is 0.326 e. The van der Waals surface area contributed by atoms with E-state index in [1.807, 2.05) is 11.8 Å². The van der Waals surface area contributed by atoms with E-state index in [1.165, 1.54) is 25.9 Å². The van der Waals surface area contributed by atoms with Crippen molar-refractivity contribution in [2.45, 2.75) is 58.7 Å². The number of hydrogen-bond acceptors (Lipinski definition) is 3. The second kappa shape index (κ2) is 5.80. The lowest BCUT2D eigenvalue weighted by Gasteiger charge is -2.27. The van der Waals surface area contributed by atoms with Crippen LogP contribution in [0.15, 0.2) is 0 Å². The molecule has 3 unspecified atom stereocenters. The number of hydrogen-bond donors (Lipinski definition) is 1. The molecule has 110 valence electrons. The number of nitrogens with zero attached hydrogens (tertiary/aromatic N) is 2. The molecule has 0 radical (unpaired) electrons. The summed E-state index contributed by atoms with van der Waals surface area (Å²) in [6.45, 7) is 12.9. The van der Waals surface area contributed by atoms with Crippen molar-refractivity contribution in [2.75, 3.05) is 26.2 Å². The Labute approximate surface area is 117 Å². The van der Waals surface area contributed by atoms with Crippen molar-refractivity contribution in [1.82, 2.24) is 15.1 Å². The maximum Gasteiger partial charge on any atom is 0.243 e. The van der Waals surface area contributed by atoms with Crippen molar-refractivity contribution in [3.8, 4) is 0 Å². The standard InChI is InChI=1S/C15H29N3O/c1-5-15(4)14(19)18(13(3)16-15)11-12(2)10-17-8-6-7-9-17/h12-13,16H,5-11H2,1-4H3. The fraction of sp³-hybridized carbons (Fsp3) is 0.933. The molecule has 0 aromatic carbocycles. The molecule has 1 amide bonds. The second-order valence-corrected chi connectivity index (χ2v) is 6.58. The van der Waals surface area contributed by atoms with Gasteiger partial charge in [-0.1, -0.05) is 13.8 Å². The smallest absolute Gasteiger partial charge is 0.243 e. The summed E-state index contributed by atoms with van der Waals surface area (Å²) in [5.41, 5.74) is -0.354. The summed E-state index contributed by atoms with van der Waals surface area (Å²) < 4.78 is 0. The zero-order chi connectivity index (χ0) is 14.0. The molecule has 0 aromatic rings. The van der Waals surface area contributed by atoms with Crippen LogP contribution >= 0.6 is 0 Å². The number of nitrogens with one attached hydrogen (secondary N) is 1. The third-order valence-electron chi connectivity index (χ3n) is 4.71. The van der Waals surface area contributed by atoms with Gasteiger partial charge in [0, 0.05) is 13.1 Å². The maximum atomic E-state index is 12.5. The predicted octanol–water partition coefficient (Wildman–Crippen LogP) is 1.66. The monoisotopic (exact) mass is 267 g/mol. The van der Waals surface area contributed by atoms with Crippen molar-refractivity contribution in [3.05, 3.63) is 0 Å². The van der Waals surface area contributed by atoms with E-state index in [1.54, 1.807) is 0 Å². The van der Waals surface area contributed by atoms with Crippen LogP contribution in [0.5, 0.6) is 0 Å². The average molecular weight is 267 g/mol. The summed E-state index contributed by atoms with van der Waals surface area (Å²) in [5, 5.41) is 3.44. The van der Waals surface area contributed by atoms with E-state index in [4.69, 9.17) is 0 Å². The number of likely N-dealkylation sites (tertiary alicyclic amines) is 1. The van der Waals surface area contributed by atoms with Crippen molar-refractivity contribution in [3.63, 3.8) is 0 Å². The number of carbonyl (C=O) groups excluding carboxylic acids is 1. The van der Waals surface area contributed by atoms with Crippen LogP contribution in [0.4, 0.5) is 0 Å². The molecule has 0 spiro atoms. The Kier molecular flexibility index (Phi) is 4.51. The lowest BCUT2D eigenvalue weighted by Crippen LogP contribution is -2.43. The van der Waals surface area contributed by atoms with Gasteiger partial charge in [0.2, 0.25) is 5.91 Å². The minimum absolute atomic E-state index is 0.165. The summed E-state index contributed by atoms with van der Waals surface area (Å²) in [5.74, 6) is 0.821. The lowest BCUT2D eigenvalue weighted by atomic mass is 9.99. The molecular weight excluding hydrogens is 238 g/mol. The van der Waals surface area contributed by atoms with E-state index in [-0.39, 0.29) is 17.6 Å². The summed E-state index contributed by atoms with van der Waals surface area (Å²) in [7, 11) is 0. The van der Waals surface area contributed by atoms with E-state index in [0.29, 0.717) is 5.92 Å². The highest BCUT2D eigenvalue weighted by Gasteiger charge is 2.45. The van der Waals surface area contributed by atoms with E-state index >= 15 is 0 Å². The van der Waals surface area contributed by atoms with Gasteiger partial charge in [-0.15, -0.1) is 0 Å².